The van der Waals surface area contributed by atoms with Crippen molar-refractivity contribution in [2.24, 2.45) is 5.92 Å². The van der Waals surface area contributed by atoms with E-state index >= 15 is 0 Å². The number of ether oxygens (including phenoxy) is 3. The highest BCUT2D eigenvalue weighted by atomic mass is 32.1. The first-order chi connectivity index (χ1) is 19.3. The molecule has 2 fully saturated rings. The summed E-state index contributed by atoms with van der Waals surface area (Å²) in [6.07, 6.45) is 4.35. The van der Waals surface area contributed by atoms with E-state index in [4.69, 9.17) is 19.2 Å². The van der Waals surface area contributed by atoms with Gasteiger partial charge in [0.2, 0.25) is 0 Å². The largest absolute Gasteiger partial charge is 0.384 e. The van der Waals surface area contributed by atoms with Gasteiger partial charge in [0.15, 0.2) is 5.13 Å². The van der Waals surface area contributed by atoms with Crippen LogP contribution in [0.5, 0.6) is 0 Å². The van der Waals surface area contributed by atoms with Crippen molar-refractivity contribution in [3.63, 3.8) is 0 Å². The van der Waals surface area contributed by atoms with Crippen LogP contribution in [0.25, 0.3) is 5.70 Å². The van der Waals surface area contributed by atoms with Crippen molar-refractivity contribution in [2.75, 3.05) is 77.0 Å². The first kappa shape index (κ1) is 30.5. The molecule has 220 valence electrons. The maximum atomic E-state index is 13.3. The van der Waals surface area contributed by atoms with Gasteiger partial charge >= 0.3 is 0 Å². The summed E-state index contributed by atoms with van der Waals surface area (Å²) in [5.41, 5.74) is 4.14. The van der Waals surface area contributed by atoms with Crippen LogP contribution in [-0.2, 0) is 20.8 Å². The second-order valence-electron chi connectivity index (χ2n) is 11.2. The van der Waals surface area contributed by atoms with E-state index in [1.165, 1.54) is 6.42 Å². The van der Waals surface area contributed by atoms with Crippen LogP contribution in [0.4, 0.5) is 10.8 Å². The summed E-state index contributed by atoms with van der Waals surface area (Å²) in [4.78, 5) is 23.1. The van der Waals surface area contributed by atoms with Gasteiger partial charge in [0.05, 0.1) is 49.1 Å². The van der Waals surface area contributed by atoms with Crippen LogP contribution in [0.1, 0.15) is 55.2 Å². The van der Waals surface area contributed by atoms with Crippen molar-refractivity contribution in [2.45, 2.75) is 45.7 Å². The number of rotatable bonds is 12. The van der Waals surface area contributed by atoms with Crippen LogP contribution >= 0.6 is 11.3 Å². The molecule has 9 nitrogen and oxygen atoms in total. The van der Waals surface area contributed by atoms with Gasteiger partial charge in [-0.15, -0.1) is 11.3 Å². The van der Waals surface area contributed by atoms with E-state index in [0.717, 1.165) is 73.6 Å². The summed E-state index contributed by atoms with van der Waals surface area (Å²) in [6.45, 7) is 13.1. The molecule has 1 amide bonds. The van der Waals surface area contributed by atoms with Crippen LogP contribution in [0.15, 0.2) is 29.7 Å². The summed E-state index contributed by atoms with van der Waals surface area (Å²) < 4.78 is 16.2. The van der Waals surface area contributed by atoms with E-state index < -0.39 is 0 Å². The Balaban J connectivity index is 1.53. The van der Waals surface area contributed by atoms with Gasteiger partial charge in [-0.2, -0.15) is 0 Å². The molecule has 2 aromatic rings. The quantitative estimate of drug-likeness (QED) is 0.361. The topological polar surface area (TPSA) is 88.2 Å². The van der Waals surface area contributed by atoms with E-state index in [0.29, 0.717) is 31.2 Å². The van der Waals surface area contributed by atoms with Gasteiger partial charge < -0.3 is 29.7 Å². The number of allylic oxidation sites excluding steroid dienone is 1. The molecule has 2 aliphatic heterocycles. The van der Waals surface area contributed by atoms with Crippen LogP contribution in [0, 0.1) is 5.92 Å². The Labute approximate surface area is 242 Å². The zero-order chi connectivity index (χ0) is 28.5. The monoisotopic (exact) mass is 571 g/mol. The molecule has 40 heavy (non-hydrogen) atoms. The minimum absolute atomic E-state index is 0.0611. The van der Waals surface area contributed by atoms with Gasteiger partial charge in [0, 0.05) is 57.9 Å². The number of hydrogen-bond donors (Lipinski definition) is 2. The Morgan fingerprint density at radius 1 is 1.27 bits per heavy atom. The molecule has 4 rings (SSSR count). The molecule has 3 heterocycles. The molecule has 0 saturated carbocycles. The Morgan fingerprint density at radius 3 is 2.88 bits per heavy atom. The zero-order valence-electron chi connectivity index (χ0n) is 24.6. The van der Waals surface area contributed by atoms with E-state index in [-0.39, 0.29) is 11.4 Å². The Morgan fingerprint density at radius 2 is 2.12 bits per heavy atom. The Kier molecular flexibility index (Phi) is 11.0. The number of aromatic nitrogens is 1. The number of carbonyl (C=O) groups excluding carboxylic acids is 1. The molecular formula is C30H45N5O4S. The number of morpholine rings is 1. The molecule has 2 N–H and O–H groups in total. The van der Waals surface area contributed by atoms with Crippen molar-refractivity contribution in [1.29, 1.82) is 0 Å². The Hall–Kier alpha value is -2.50. The van der Waals surface area contributed by atoms with Gasteiger partial charge in [-0.05, 0) is 57.2 Å². The lowest BCUT2D eigenvalue weighted by Crippen LogP contribution is -2.52. The lowest BCUT2D eigenvalue weighted by atomic mass is 9.99. The van der Waals surface area contributed by atoms with Gasteiger partial charge in [-0.3, -0.25) is 9.69 Å². The smallest absolute Gasteiger partial charge is 0.253 e. The summed E-state index contributed by atoms with van der Waals surface area (Å²) in [5.74, 6) is 0.403. The fourth-order valence-corrected chi connectivity index (χ4v) is 6.19. The van der Waals surface area contributed by atoms with Gasteiger partial charge in [-0.25, -0.2) is 4.98 Å². The van der Waals surface area contributed by atoms with Crippen LogP contribution in [-0.4, -0.2) is 88.2 Å². The molecule has 0 radical (unpaired) electrons. The highest BCUT2D eigenvalue weighted by Gasteiger charge is 2.30. The summed E-state index contributed by atoms with van der Waals surface area (Å²) in [5, 5.41) is 9.62. The lowest BCUT2D eigenvalue weighted by molar-refractivity contribution is -0.0552. The second kappa shape index (κ2) is 14.4. The predicted octanol–water partition coefficient (Wildman–Crippen LogP) is 4.47. The molecule has 0 bridgehead atoms. The maximum Gasteiger partial charge on any atom is 0.253 e. The SMILES string of the molecule is CC=C(Nc1ccc(CN2CCOCC2(C)C)cc1C(=O)NCCOC)c1csc(N2CCC[C@@H](COC)C2)n1. The first-order valence-electron chi connectivity index (χ1n) is 14.2. The highest BCUT2D eigenvalue weighted by molar-refractivity contribution is 7.13. The number of nitrogens with one attached hydrogen (secondary N) is 2. The second-order valence-corrected chi connectivity index (χ2v) is 12.0. The highest BCUT2D eigenvalue weighted by Crippen LogP contribution is 2.31. The lowest BCUT2D eigenvalue weighted by Gasteiger charge is -2.42. The third-order valence-electron chi connectivity index (χ3n) is 7.63. The number of hydrogen-bond acceptors (Lipinski definition) is 9. The van der Waals surface area contributed by atoms with Crippen LogP contribution < -0.4 is 15.5 Å². The molecule has 0 unspecified atom stereocenters. The maximum absolute atomic E-state index is 13.3. The minimum atomic E-state index is -0.130. The molecule has 1 aromatic carbocycles. The van der Waals surface area contributed by atoms with Crippen molar-refractivity contribution in [3.8, 4) is 0 Å². The van der Waals surface area contributed by atoms with Crippen molar-refractivity contribution < 1.29 is 19.0 Å². The standard InChI is InChI=1S/C30H45N5O4S/c1-6-25(27-20-40-29(33-27)34-12-7-8-23(17-34)19-38-5)32-26-10-9-22(16-24(26)28(36)31-11-14-37-4)18-35-13-15-39-21-30(35,2)3/h6,9-10,16,20,23,32H,7-8,11-15,17-19,21H2,1-5H3,(H,31,36)/t23-/m1/s1. The van der Waals surface area contributed by atoms with Crippen molar-refractivity contribution in [3.05, 3.63) is 46.5 Å². The predicted molar refractivity (Wildman–Crippen MR) is 162 cm³/mol. The molecule has 1 atom stereocenters. The number of amides is 1. The molecule has 0 spiro atoms. The molecule has 2 saturated heterocycles. The molecule has 1 aromatic heterocycles. The molecule has 0 aliphatic carbocycles. The fourth-order valence-electron chi connectivity index (χ4n) is 5.33. The van der Waals surface area contributed by atoms with E-state index in [2.05, 4.69) is 45.7 Å². The number of piperidine rings is 1. The van der Waals surface area contributed by atoms with Crippen LogP contribution in [0.3, 0.4) is 0 Å². The van der Waals surface area contributed by atoms with Crippen LogP contribution in [0.2, 0.25) is 0 Å². The first-order valence-corrected chi connectivity index (χ1v) is 15.1. The zero-order valence-corrected chi connectivity index (χ0v) is 25.4. The minimum Gasteiger partial charge on any atom is -0.384 e. The van der Waals surface area contributed by atoms with Gasteiger partial charge in [0.25, 0.3) is 5.91 Å². The molecular weight excluding hydrogens is 526 g/mol. The number of nitrogens with zero attached hydrogens (tertiary/aromatic N) is 3. The summed E-state index contributed by atoms with van der Waals surface area (Å²) >= 11 is 1.66. The van der Waals surface area contributed by atoms with Gasteiger partial charge in [0.1, 0.15) is 0 Å². The summed E-state index contributed by atoms with van der Waals surface area (Å²) in [6, 6.07) is 6.10. The van der Waals surface area contributed by atoms with E-state index in [1.807, 2.05) is 25.1 Å². The molecule has 10 heteroatoms. The van der Waals surface area contributed by atoms with Gasteiger partial charge in [-0.1, -0.05) is 12.1 Å². The third-order valence-corrected chi connectivity index (χ3v) is 8.53. The number of methoxy groups -OCH3 is 2. The van der Waals surface area contributed by atoms with Crippen molar-refractivity contribution >= 4 is 33.8 Å². The number of thiazole rings is 1. The average molecular weight is 572 g/mol. The number of carbonyl (C=O) groups is 1. The fraction of sp³-hybridized carbons (Fsp3) is 0.600. The third kappa shape index (κ3) is 7.82. The summed E-state index contributed by atoms with van der Waals surface area (Å²) in [7, 11) is 3.40. The Bertz CT molecular complexity index is 1150. The van der Waals surface area contributed by atoms with Crippen molar-refractivity contribution in [1.82, 2.24) is 15.2 Å². The average Bonchev–Trinajstić information content (AvgIpc) is 3.44. The van der Waals surface area contributed by atoms with E-state index in [9.17, 15) is 4.79 Å². The normalized spacial score (nSPS) is 20.0. The van der Waals surface area contributed by atoms with E-state index in [1.54, 1.807) is 25.6 Å². The number of benzene rings is 1. The number of anilines is 2. The molecule has 2 aliphatic rings.